The van der Waals surface area contributed by atoms with Gasteiger partial charge in [0, 0.05) is 11.0 Å². The number of ether oxygens (including phenoxy) is 1. The number of hydrogen-bond donors (Lipinski definition) is 0. The van der Waals surface area contributed by atoms with Crippen LogP contribution in [0, 0.1) is 11.6 Å². The summed E-state index contributed by atoms with van der Waals surface area (Å²) in [4.78, 5) is 15.1. The van der Waals surface area contributed by atoms with Gasteiger partial charge in [0.1, 0.15) is 17.7 Å². The summed E-state index contributed by atoms with van der Waals surface area (Å²) in [5.74, 6) is -1.56. The average molecular weight is 254 g/mol. The average Bonchev–Trinajstić information content (AvgIpc) is 2.66. The van der Waals surface area contributed by atoms with E-state index in [0.29, 0.717) is 6.07 Å². The zero-order valence-corrected chi connectivity index (χ0v) is 9.08. The second kappa shape index (κ2) is 4.89. The number of anilines is 1. The van der Waals surface area contributed by atoms with E-state index in [0.717, 1.165) is 17.0 Å². The van der Waals surface area contributed by atoms with Gasteiger partial charge in [-0.3, -0.25) is 4.90 Å². The lowest BCUT2D eigenvalue weighted by Crippen LogP contribution is -2.25. The summed E-state index contributed by atoms with van der Waals surface area (Å²) in [5.41, 5.74) is 8.22. The second-order valence-electron chi connectivity index (χ2n) is 3.66. The van der Waals surface area contributed by atoms with E-state index in [2.05, 4.69) is 10.0 Å². The number of carbonyl (C=O) groups is 1. The van der Waals surface area contributed by atoms with E-state index in [-0.39, 0.29) is 18.8 Å². The Labute approximate surface area is 100 Å². The topological polar surface area (TPSA) is 78.3 Å². The van der Waals surface area contributed by atoms with Crippen molar-refractivity contribution in [3.05, 3.63) is 40.3 Å². The fraction of sp³-hybridized carbons (Fsp3) is 0.300. The molecule has 1 fully saturated rings. The van der Waals surface area contributed by atoms with Crippen LogP contribution in [0.3, 0.4) is 0 Å². The third kappa shape index (κ3) is 2.49. The Balaban J connectivity index is 2.18. The Kier molecular flexibility index (Phi) is 3.29. The summed E-state index contributed by atoms with van der Waals surface area (Å²) in [6.07, 6.45) is -1.34. The van der Waals surface area contributed by atoms with Gasteiger partial charge in [-0.15, -0.1) is 0 Å². The van der Waals surface area contributed by atoms with Crippen LogP contribution >= 0.6 is 0 Å². The third-order valence-electron chi connectivity index (χ3n) is 2.38. The molecule has 0 aliphatic carbocycles. The van der Waals surface area contributed by atoms with E-state index in [9.17, 15) is 13.6 Å². The quantitative estimate of drug-likeness (QED) is 0.472. The molecule has 0 bridgehead atoms. The van der Waals surface area contributed by atoms with Gasteiger partial charge in [0.25, 0.3) is 0 Å². The molecule has 1 unspecified atom stereocenters. The fourth-order valence-corrected chi connectivity index (χ4v) is 1.65. The van der Waals surface area contributed by atoms with Gasteiger partial charge in [-0.05, 0) is 17.7 Å². The minimum absolute atomic E-state index is 0.0173. The first-order chi connectivity index (χ1) is 8.60. The van der Waals surface area contributed by atoms with Crippen LogP contribution in [-0.2, 0) is 4.74 Å². The van der Waals surface area contributed by atoms with Crippen LogP contribution in [0.4, 0.5) is 19.3 Å². The van der Waals surface area contributed by atoms with E-state index < -0.39 is 23.8 Å². The molecule has 1 aliphatic rings. The van der Waals surface area contributed by atoms with Crippen LogP contribution in [0.5, 0.6) is 0 Å². The van der Waals surface area contributed by atoms with Gasteiger partial charge in [-0.1, -0.05) is 5.11 Å². The molecule has 0 aromatic heterocycles. The van der Waals surface area contributed by atoms with Gasteiger partial charge in [0.05, 0.1) is 18.8 Å². The number of carbonyl (C=O) groups excluding carboxylic acids is 1. The van der Waals surface area contributed by atoms with Gasteiger partial charge >= 0.3 is 6.09 Å². The van der Waals surface area contributed by atoms with Gasteiger partial charge in [0.2, 0.25) is 0 Å². The molecule has 6 nitrogen and oxygen atoms in total. The Morgan fingerprint density at radius 1 is 1.44 bits per heavy atom. The Morgan fingerprint density at radius 3 is 2.72 bits per heavy atom. The van der Waals surface area contributed by atoms with Gasteiger partial charge in [-0.2, -0.15) is 0 Å². The standard InChI is InChI=1S/C10H8F2N4O2/c11-6-1-7(12)3-8(2-6)16-5-9(4-14-15-13)18-10(16)17/h1-3,9H,4-5H2. The first kappa shape index (κ1) is 12.1. The van der Waals surface area contributed by atoms with Gasteiger partial charge in [0.15, 0.2) is 0 Å². The Morgan fingerprint density at radius 2 is 2.11 bits per heavy atom. The van der Waals surface area contributed by atoms with E-state index in [1.807, 2.05) is 0 Å². The smallest absolute Gasteiger partial charge is 0.414 e. The summed E-state index contributed by atoms with van der Waals surface area (Å²) in [7, 11) is 0. The molecule has 0 radical (unpaired) electrons. The first-order valence-electron chi connectivity index (χ1n) is 5.05. The van der Waals surface area contributed by atoms with Crippen molar-refractivity contribution in [2.45, 2.75) is 6.10 Å². The maximum atomic E-state index is 13.0. The van der Waals surface area contributed by atoms with Crippen molar-refractivity contribution >= 4 is 11.8 Å². The second-order valence-corrected chi connectivity index (χ2v) is 3.66. The monoisotopic (exact) mass is 254 g/mol. The van der Waals surface area contributed by atoms with Crippen LogP contribution < -0.4 is 4.90 Å². The first-order valence-corrected chi connectivity index (χ1v) is 5.05. The lowest BCUT2D eigenvalue weighted by Gasteiger charge is -2.12. The summed E-state index contributed by atoms with van der Waals surface area (Å²) in [6.45, 7) is 0.0668. The number of benzene rings is 1. The number of rotatable bonds is 3. The molecule has 0 spiro atoms. The molecule has 1 atom stereocenters. The Bertz CT molecular complexity index is 510. The van der Waals surface area contributed by atoms with Gasteiger partial charge < -0.3 is 4.74 Å². The molecular weight excluding hydrogens is 246 g/mol. The number of halogens is 2. The summed E-state index contributed by atoms with van der Waals surface area (Å²) in [6, 6.07) is 2.77. The molecule has 18 heavy (non-hydrogen) atoms. The van der Waals surface area contributed by atoms with Gasteiger partial charge in [-0.25, -0.2) is 13.6 Å². The van der Waals surface area contributed by atoms with Crippen LogP contribution in [0.2, 0.25) is 0 Å². The molecule has 1 aliphatic heterocycles. The van der Waals surface area contributed by atoms with Crippen molar-refractivity contribution in [1.29, 1.82) is 0 Å². The maximum Gasteiger partial charge on any atom is 0.414 e. The van der Waals surface area contributed by atoms with Crippen molar-refractivity contribution in [2.24, 2.45) is 5.11 Å². The van der Waals surface area contributed by atoms with Crippen molar-refractivity contribution in [1.82, 2.24) is 0 Å². The van der Waals surface area contributed by atoms with Crippen molar-refractivity contribution in [2.75, 3.05) is 18.0 Å². The fourth-order valence-electron chi connectivity index (χ4n) is 1.65. The predicted octanol–water partition coefficient (Wildman–Crippen LogP) is 2.60. The zero-order valence-electron chi connectivity index (χ0n) is 9.08. The number of nitrogens with zero attached hydrogens (tertiary/aromatic N) is 4. The molecule has 1 aromatic carbocycles. The Hall–Kier alpha value is -2.34. The summed E-state index contributed by atoms with van der Waals surface area (Å²) < 4.78 is 30.9. The van der Waals surface area contributed by atoms with E-state index in [1.54, 1.807) is 0 Å². The highest BCUT2D eigenvalue weighted by Gasteiger charge is 2.32. The third-order valence-corrected chi connectivity index (χ3v) is 2.38. The minimum atomic E-state index is -0.781. The zero-order chi connectivity index (χ0) is 13.1. The molecule has 8 heteroatoms. The normalized spacial score (nSPS) is 18.4. The summed E-state index contributed by atoms with van der Waals surface area (Å²) >= 11 is 0. The number of amides is 1. The van der Waals surface area contributed by atoms with Crippen LogP contribution in [-0.4, -0.2) is 25.3 Å². The molecule has 1 aromatic rings. The predicted molar refractivity (Wildman–Crippen MR) is 58.0 cm³/mol. The number of hydrogen-bond acceptors (Lipinski definition) is 3. The molecule has 1 saturated heterocycles. The van der Waals surface area contributed by atoms with Crippen LogP contribution in [0.15, 0.2) is 23.3 Å². The highest BCUT2D eigenvalue weighted by Crippen LogP contribution is 2.23. The number of cyclic esters (lactones) is 1. The van der Waals surface area contributed by atoms with Crippen molar-refractivity contribution in [3.63, 3.8) is 0 Å². The van der Waals surface area contributed by atoms with Crippen molar-refractivity contribution < 1.29 is 18.3 Å². The molecule has 1 heterocycles. The molecular formula is C10H8F2N4O2. The minimum Gasteiger partial charge on any atom is -0.444 e. The number of azide groups is 1. The van der Waals surface area contributed by atoms with Crippen molar-refractivity contribution in [3.8, 4) is 0 Å². The lowest BCUT2D eigenvalue weighted by atomic mass is 10.2. The van der Waals surface area contributed by atoms with Crippen LogP contribution in [0.25, 0.3) is 10.4 Å². The molecule has 2 rings (SSSR count). The van der Waals surface area contributed by atoms with E-state index in [4.69, 9.17) is 10.3 Å². The van der Waals surface area contributed by atoms with E-state index in [1.165, 1.54) is 0 Å². The van der Waals surface area contributed by atoms with E-state index >= 15 is 0 Å². The molecule has 94 valence electrons. The van der Waals surface area contributed by atoms with Crippen LogP contribution in [0.1, 0.15) is 0 Å². The largest absolute Gasteiger partial charge is 0.444 e. The SMILES string of the molecule is [N-]=[N+]=NCC1CN(c2cc(F)cc(F)c2)C(=O)O1. The maximum absolute atomic E-state index is 13.0. The highest BCUT2D eigenvalue weighted by molar-refractivity contribution is 5.89. The lowest BCUT2D eigenvalue weighted by molar-refractivity contribution is 0.145. The molecule has 1 amide bonds. The molecule has 0 N–H and O–H groups in total. The summed E-state index contributed by atoms with van der Waals surface area (Å²) in [5, 5.41) is 3.28. The highest BCUT2D eigenvalue weighted by atomic mass is 19.1. The molecule has 0 saturated carbocycles.